The van der Waals surface area contributed by atoms with Crippen molar-refractivity contribution in [1.29, 1.82) is 0 Å². The fourth-order valence-corrected chi connectivity index (χ4v) is 2.86. The lowest BCUT2D eigenvalue weighted by atomic mass is 10.2. The lowest BCUT2D eigenvalue weighted by molar-refractivity contribution is -0.136. The van der Waals surface area contributed by atoms with Crippen molar-refractivity contribution in [3.8, 4) is 22.9 Å². The number of aromatic nitrogens is 2. The van der Waals surface area contributed by atoms with Crippen molar-refractivity contribution in [1.82, 2.24) is 15.0 Å². The molecule has 0 saturated heterocycles. The molecule has 1 heterocycles. The molecule has 0 aliphatic heterocycles. The van der Waals surface area contributed by atoms with E-state index in [2.05, 4.69) is 10.1 Å². The monoisotopic (exact) mass is 415 g/mol. The molecule has 0 N–H and O–H groups in total. The fraction of sp³-hybridized carbons (Fsp3) is 0.286. The molecule has 3 rings (SSSR count). The van der Waals surface area contributed by atoms with Gasteiger partial charge < -0.3 is 18.9 Å². The SMILES string of the molecule is COc1ccc(-c2noc(CN(C(=O)COc3ccccc3Cl)C(C)C)n2)cc1. The summed E-state index contributed by atoms with van der Waals surface area (Å²) in [6.07, 6.45) is 0. The fourth-order valence-electron chi connectivity index (χ4n) is 2.67. The van der Waals surface area contributed by atoms with Gasteiger partial charge in [-0.1, -0.05) is 28.9 Å². The standard InChI is InChI=1S/C21H22ClN3O4/c1-14(2)25(20(26)13-28-18-7-5-4-6-17(18)22)12-19-23-21(24-29-19)15-8-10-16(27-3)11-9-15/h4-11,14H,12-13H2,1-3H3. The van der Waals surface area contributed by atoms with Crippen LogP contribution in [0.4, 0.5) is 0 Å². The number of benzene rings is 2. The molecule has 0 spiro atoms. The molecule has 0 saturated carbocycles. The van der Waals surface area contributed by atoms with Gasteiger partial charge >= 0.3 is 0 Å². The summed E-state index contributed by atoms with van der Waals surface area (Å²) in [5, 5.41) is 4.46. The Kier molecular flexibility index (Phi) is 6.72. The highest BCUT2D eigenvalue weighted by Crippen LogP contribution is 2.23. The minimum absolute atomic E-state index is 0.0753. The first-order valence-corrected chi connectivity index (χ1v) is 9.49. The van der Waals surface area contributed by atoms with Crippen LogP contribution in [-0.2, 0) is 11.3 Å². The lowest BCUT2D eigenvalue weighted by Crippen LogP contribution is -2.39. The molecular formula is C21H22ClN3O4. The van der Waals surface area contributed by atoms with Gasteiger partial charge in [0.1, 0.15) is 18.0 Å². The van der Waals surface area contributed by atoms with Crippen molar-refractivity contribution in [2.24, 2.45) is 0 Å². The van der Waals surface area contributed by atoms with Crippen LogP contribution >= 0.6 is 11.6 Å². The zero-order valence-electron chi connectivity index (χ0n) is 16.5. The third kappa shape index (κ3) is 5.26. The molecule has 0 unspecified atom stereocenters. The van der Waals surface area contributed by atoms with E-state index in [0.717, 1.165) is 11.3 Å². The summed E-state index contributed by atoms with van der Waals surface area (Å²) in [7, 11) is 1.61. The quantitative estimate of drug-likeness (QED) is 0.548. The first-order valence-electron chi connectivity index (χ1n) is 9.11. The van der Waals surface area contributed by atoms with E-state index in [1.807, 2.05) is 38.1 Å². The molecule has 0 aliphatic carbocycles. The minimum Gasteiger partial charge on any atom is -0.497 e. The summed E-state index contributed by atoms with van der Waals surface area (Å²) in [4.78, 5) is 18.7. The maximum absolute atomic E-state index is 12.7. The molecule has 1 amide bonds. The molecule has 2 aromatic carbocycles. The lowest BCUT2D eigenvalue weighted by Gasteiger charge is -2.25. The molecule has 0 aliphatic rings. The average Bonchev–Trinajstić information content (AvgIpc) is 3.20. The minimum atomic E-state index is -0.205. The number of hydrogen-bond acceptors (Lipinski definition) is 6. The Morgan fingerprint density at radius 1 is 1.17 bits per heavy atom. The van der Waals surface area contributed by atoms with Crippen LogP contribution in [0, 0.1) is 0 Å². The van der Waals surface area contributed by atoms with Crippen molar-refractivity contribution in [3.05, 3.63) is 59.4 Å². The summed E-state index contributed by atoms with van der Waals surface area (Å²) in [6, 6.07) is 14.3. The van der Waals surface area contributed by atoms with E-state index in [9.17, 15) is 4.79 Å². The molecular weight excluding hydrogens is 394 g/mol. The normalized spacial score (nSPS) is 10.8. The summed E-state index contributed by atoms with van der Waals surface area (Å²) < 4.78 is 16.1. The largest absolute Gasteiger partial charge is 0.497 e. The molecule has 7 nitrogen and oxygen atoms in total. The van der Waals surface area contributed by atoms with E-state index in [-0.39, 0.29) is 25.1 Å². The zero-order chi connectivity index (χ0) is 20.8. The smallest absolute Gasteiger partial charge is 0.261 e. The second-order valence-corrected chi connectivity index (χ2v) is 6.98. The molecule has 0 atom stereocenters. The van der Waals surface area contributed by atoms with Crippen LogP contribution in [0.5, 0.6) is 11.5 Å². The van der Waals surface area contributed by atoms with Crippen LogP contribution in [-0.4, -0.2) is 40.7 Å². The van der Waals surface area contributed by atoms with Crippen molar-refractivity contribution in [2.75, 3.05) is 13.7 Å². The summed E-state index contributed by atoms with van der Waals surface area (Å²) >= 11 is 6.07. The number of ether oxygens (including phenoxy) is 2. The number of methoxy groups -OCH3 is 1. The van der Waals surface area contributed by atoms with Gasteiger partial charge in [-0.15, -0.1) is 0 Å². The first kappa shape index (κ1) is 20.7. The van der Waals surface area contributed by atoms with E-state index >= 15 is 0 Å². The average molecular weight is 416 g/mol. The van der Waals surface area contributed by atoms with Crippen LogP contribution in [0.15, 0.2) is 53.1 Å². The van der Waals surface area contributed by atoms with Gasteiger partial charge in [0, 0.05) is 11.6 Å². The topological polar surface area (TPSA) is 77.7 Å². The Balaban J connectivity index is 1.66. The number of halogens is 1. The number of carbonyl (C=O) groups is 1. The van der Waals surface area contributed by atoms with E-state index < -0.39 is 0 Å². The number of amides is 1. The highest BCUT2D eigenvalue weighted by Gasteiger charge is 2.21. The van der Waals surface area contributed by atoms with Gasteiger partial charge in [-0.05, 0) is 50.2 Å². The molecule has 1 aromatic heterocycles. The van der Waals surface area contributed by atoms with E-state index in [0.29, 0.717) is 22.5 Å². The zero-order valence-corrected chi connectivity index (χ0v) is 17.2. The van der Waals surface area contributed by atoms with Crippen molar-refractivity contribution in [2.45, 2.75) is 26.4 Å². The second kappa shape index (κ2) is 9.43. The third-order valence-corrected chi connectivity index (χ3v) is 4.57. The maximum Gasteiger partial charge on any atom is 0.261 e. The van der Waals surface area contributed by atoms with E-state index in [1.54, 1.807) is 36.3 Å². The Bertz CT molecular complexity index is 957. The van der Waals surface area contributed by atoms with Gasteiger partial charge in [0.25, 0.3) is 5.91 Å². The third-order valence-electron chi connectivity index (χ3n) is 4.25. The number of carbonyl (C=O) groups excluding carboxylic acids is 1. The number of para-hydroxylation sites is 1. The predicted molar refractivity (Wildman–Crippen MR) is 109 cm³/mol. The second-order valence-electron chi connectivity index (χ2n) is 6.57. The van der Waals surface area contributed by atoms with E-state index in [1.165, 1.54) is 0 Å². The molecule has 0 radical (unpaired) electrons. The molecule has 0 fully saturated rings. The molecule has 0 bridgehead atoms. The molecule has 29 heavy (non-hydrogen) atoms. The molecule has 152 valence electrons. The van der Waals surface area contributed by atoms with Crippen LogP contribution in [0.25, 0.3) is 11.4 Å². The van der Waals surface area contributed by atoms with Crippen molar-refractivity contribution < 1.29 is 18.8 Å². The van der Waals surface area contributed by atoms with Crippen molar-refractivity contribution >= 4 is 17.5 Å². The van der Waals surface area contributed by atoms with Crippen LogP contribution in [0.2, 0.25) is 5.02 Å². The van der Waals surface area contributed by atoms with E-state index in [4.69, 9.17) is 25.6 Å². The van der Waals surface area contributed by atoms with Crippen LogP contribution in [0.1, 0.15) is 19.7 Å². The summed E-state index contributed by atoms with van der Waals surface area (Å²) in [5.41, 5.74) is 0.797. The maximum atomic E-state index is 12.7. The Hall–Kier alpha value is -3.06. The summed E-state index contributed by atoms with van der Waals surface area (Å²) in [5.74, 6) is 1.80. The van der Waals surface area contributed by atoms with Crippen LogP contribution < -0.4 is 9.47 Å². The van der Waals surface area contributed by atoms with Gasteiger partial charge in [-0.2, -0.15) is 4.98 Å². The Morgan fingerprint density at radius 3 is 2.55 bits per heavy atom. The van der Waals surface area contributed by atoms with Gasteiger partial charge in [0.05, 0.1) is 12.1 Å². The number of hydrogen-bond donors (Lipinski definition) is 0. The number of nitrogens with zero attached hydrogens (tertiary/aromatic N) is 3. The van der Waals surface area contributed by atoms with Gasteiger partial charge in [-0.3, -0.25) is 4.79 Å². The van der Waals surface area contributed by atoms with Gasteiger partial charge in [0.2, 0.25) is 11.7 Å². The first-order chi connectivity index (χ1) is 14.0. The Morgan fingerprint density at radius 2 is 1.90 bits per heavy atom. The Labute approximate surface area is 174 Å². The highest BCUT2D eigenvalue weighted by atomic mass is 35.5. The molecule has 8 heteroatoms. The number of rotatable bonds is 8. The molecule has 3 aromatic rings. The highest BCUT2D eigenvalue weighted by molar-refractivity contribution is 6.32. The summed E-state index contributed by atoms with van der Waals surface area (Å²) in [6.45, 7) is 3.87. The van der Waals surface area contributed by atoms with Gasteiger partial charge in [0.15, 0.2) is 6.61 Å². The van der Waals surface area contributed by atoms with Crippen LogP contribution in [0.3, 0.4) is 0 Å². The predicted octanol–water partition coefficient (Wildman–Crippen LogP) is 4.21. The van der Waals surface area contributed by atoms with Gasteiger partial charge in [-0.25, -0.2) is 0 Å². The van der Waals surface area contributed by atoms with Crippen molar-refractivity contribution in [3.63, 3.8) is 0 Å².